The maximum atomic E-state index is 12.3. The fourth-order valence-electron chi connectivity index (χ4n) is 2.51. The number of H-pyrrole nitrogens is 1. The normalized spacial score (nSPS) is 16.2. The van der Waals surface area contributed by atoms with Crippen molar-refractivity contribution in [2.45, 2.75) is 26.3 Å². The van der Waals surface area contributed by atoms with Crippen LogP contribution >= 0.6 is 0 Å². The molecule has 7 nitrogen and oxygen atoms in total. The van der Waals surface area contributed by atoms with E-state index in [1.165, 1.54) is 6.07 Å². The molecule has 0 spiro atoms. The standard InChI is InChI=1S/C16H24N4O3/c1-16(2,3)18-14(22)11-19-7-9-20(10-8-19)15(23)12-5-4-6-13(21)17-12/h4-6H,7-11H2,1-3H3,(H,17,21)(H,18,22). The molecule has 0 aromatic carbocycles. The van der Waals surface area contributed by atoms with Gasteiger partial charge >= 0.3 is 0 Å². The van der Waals surface area contributed by atoms with Crippen molar-refractivity contribution < 1.29 is 9.59 Å². The van der Waals surface area contributed by atoms with Crippen molar-refractivity contribution in [1.29, 1.82) is 0 Å². The van der Waals surface area contributed by atoms with Gasteiger partial charge in [0, 0.05) is 37.8 Å². The molecular formula is C16H24N4O3. The predicted molar refractivity (Wildman–Crippen MR) is 87.3 cm³/mol. The molecule has 1 aromatic rings. The first-order valence-electron chi connectivity index (χ1n) is 7.76. The third-order valence-electron chi connectivity index (χ3n) is 3.54. The Balaban J connectivity index is 1.85. The van der Waals surface area contributed by atoms with Gasteiger partial charge in [0.05, 0.1) is 6.54 Å². The summed E-state index contributed by atoms with van der Waals surface area (Å²) in [5.41, 5.74) is -0.224. The van der Waals surface area contributed by atoms with E-state index in [4.69, 9.17) is 0 Å². The van der Waals surface area contributed by atoms with Crippen LogP contribution in [0.5, 0.6) is 0 Å². The summed E-state index contributed by atoms with van der Waals surface area (Å²) in [5, 5.41) is 2.93. The number of aromatic amines is 1. The van der Waals surface area contributed by atoms with Gasteiger partial charge in [-0.25, -0.2) is 0 Å². The number of nitrogens with zero attached hydrogens (tertiary/aromatic N) is 2. The van der Waals surface area contributed by atoms with Gasteiger partial charge in [0.15, 0.2) is 0 Å². The molecule has 1 aliphatic heterocycles. The van der Waals surface area contributed by atoms with Crippen LogP contribution in [0.4, 0.5) is 0 Å². The molecule has 0 saturated carbocycles. The Kier molecular flexibility index (Phi) is 5.20. The molecule has 0 aliphatic carbocycles. The van der Waals surface area contributed by atoms with Gasteiger partial charge in [-0.3, -0.25) is 19.3 Å². The molecule has 23 heavy (non-hydrogen) atoms. The van der Waals surface area contributed by atoms with E-state index in [9.17, 15) is 14.4 Å². The molecular weight excluding hydrogens is 296 g/mol. The number of rotatable bonds is 3. The first-order chi connectivity index (χ1) is 10.7. The zero-order valence-electron chi connectivity index (χ0n) is 13.9. The van der Waals surface area contributed by atoms with Crippen molar-refractivity contribution in [2.24, 2.45) is 0 Å². The van der Waals surface area contributed by atoms with Gasteiger partial charge < -0.3 is 15.2 Å². The molecule has 126 valence electrons. The van der Waals surface area contributed by atoms with Crippen molar-refractivity contribution >= 4 is 11.8 Å². The van der Waals surface area contributed by atoms with Crippen LogP contribution < -0.4 is 10.9 Å². The minimum atomic E-state index is -0.284. The number of carbonyl (C=O) groups is 2. The molecule has 2 heterocycles. The SMILES string of the molecule is CC(C)(C)NC(=O)CN1CCN(C(=O)c2cccc(=O)[nH]2)CC1. The van der Waals surface area contributed by atoms with Crippen LogP contribution in [0, 0.1) is 0 Å². The number of hydrogen-bond acceptors (Lipinski definition) is 4. The Morgan fingerprint density at radius 2 is 1.83 bits per heavy atom. The lowest BCUT2D eigenvalue weighted by Crippen LogP contribution is -2.53. The van der Waals surface area contributed by atoms with Crippen LogP contribution in [0.2, 0.25) is 0 Å². The van der Waals surface area contributed by atoms with E-state index in [1.807, 2.05) is 25.7 Å². The summed E-state index contributed by atoms with van der Waals surface area (Å²) >= 11 is 0. The van der Waals surface area contributed by atoms with Gasteiger partial charge in [-0.05, 0) is 26.8 Å². The summed E-state index contributed by atoms with van der Waals surface area (Å²) in [6.07, 6.45) is 0. The van der Waals surface area contributed by atoms with E-state index in [0.717, 1.165) is 0 Å². The lowest BCUT2D eigenvalue weighted by molar-refractivity contribution is -0.124. The fourth-order valence-corrected chi connectivity index (χ4v) is 2.51. The van der Waals surface area contributed by atoms with Crippen molar-refractivity contribution in [3.8, 4) is 0 Å². The number of amides is 2. The lowest BCUT2D eigenvalue weighted by Gasteiger charge is -2.34. The zero-order chi connectivity index (χ0) is 17.0. The van der Waals surface area contributed by atoms with Crippen molar-refractivity contribution in [1.82, 2.24) is 20.1 Å². The zero-order valence-corrected chi connectivity index (χ0v) is 13.9. The average Bonchev–Trinajstić information content (AvgIpc) is 2.45. The molecule has 0 atom stereocenters. The predicted octanol–water partition coefficient (Wildman–Crippen LogP) is 0.0474. The Hall–Kier alpha value is -2.15. The van der Waals surface area contributed by atoms with Crippen LogP contribution in [0.1, 0.15) is 31.3 Å². The molecule has 0 radical (unpaired) electrons. The van der Waals surface area contributed by atoms with Crippen LogP contribution in [0.15, 0.2) is 23.0 Å². The van der Waals surface area contributed by atoms with Gasteiger partial charge in [0.2, 0.25) is 11.5 Å². The smallest absolute Gasteiger partial charge is 0.270 e. The Morgan fingerprint density at radius 1 is 1.17 bits per heavy atom. The van der Waals surface area contributed by atoms with Gasteiger partial charge in [0.25, 0.3) is 5.91 Å². The summed E-state index contributed by atoms with van der Waals surface area (Å²) in [6, 6.07) is 4.55. The average molecular weight is 320 g/mol. The summed E-state index contributed by atoms with van der Waals surface area (Å²) in [5.74, 6) is -0.189. The molecule has 1 aliphatic rings. The van der Waals surface area contributed by atoms with E-state index in [2.05, 4.69) is 10.3 Å². The molecule has 7 heteroatoms. The Labute approximate surface area is 135 Å². The highest BCUT2D eigenvalue weighted by Gasteiger charge is 2.24. The number of carbonyl (C=O) groups excluding carboxylic acids is 2. The third-order valence-corrected chi connectivity index (χ3v) is 3.54. The molecule has 1 fully saturated rings. The second-order valence-corrected chi connectivity index (χ2v) is 6.80. The molecule has 2 rings (SSSR count). The Bertz CT molecular complexity index is 625. The van der Waals surface area contributed by atoms with E-state index in [-0.39, 0.29) is 22.9 Å². The molecule has 1 aromatic heterocycles. The number of pyridine rings is 1. The number of hydrogen-bond donors (Lipinski definition) is 2. The first-order valence-corrected chi connectivity index (χ1v) is 7.76. The lowest BCUT2D eigenvalue weighted by atomic mass is 10.1. The molecule has 0 bridgehead atoms. The van der Waals surface area contributed by atoms with Gasteiger partial charge in [0.1, 0.15) is 5.69 Å². The summed E-state index contributed by atoms with van der Waals surface area (Å²) in [6.45, 7) is 8.53. The molecule has 0 unspecified atom stereocenters. The fraction of sp³-hybridized carbons (Fsp3) is 0.562. The van der Waals surface area contributed by atoms with Gasteiger partial charge in [-0.2, -0.15) is 0 Å². The van der Waals surface area contributed by atoms with Gasteiger partial charge in [-0.1, -0.05) is 6.07 Å². The second-order valence-electron chi connectivity index (χ2n) is 6.80. The van der Waals surface area contributed by atoms with Crippen molar-refractivity contribution in [3.63, 3.8) is 0 Å². The number of piperazine rings is 1. The van der Waals surface area contributed by atoms with Crippen LogP contribution in [0.3, 0.4) is 0 Å². The number of nitrogens with one attached hydrogen (secondary N) is 2. The van der Waals surface area contributed by atoms with Crippen molar-refractivity contribution in [3.05, 3.63) is 34.2 Å². The summed E-state index contributed by atoms with van der Waals surface area (Å²) in [7, 11) is 0. The Morgan fingerprint density at radius 3 is 2.39 bits per heavy atom. The summed E-state index contributed by atoms with van der Waals surface area (Å²) in [4.78, 5) is 41.8. The second kappa shape index (κ2) is 6.95. The summed E-state index contributed by atoms with van der Waals surface area (Å²) < 4.78 is 0. The van der Waals surface area contributed by atoms with Crippen LogP contribution in [0.25, 0.3) is 0 Å². The minimum Gasteiger partial charge on any atom is -0.350 e. The highest BCUT2D eigenvalue weighted by atomic mass is 16.2. The highest BCUT2D eigenvalue weighted by Crippen LogP contribution is 2.06. The number of aromatic nitrogens is 1. The van der Waals surface area contributed by atoms with Crippen LogP contribution in [-0.4, -0.2) is 64.9 Å². The van der Waals surface area contributed by atoms with Gasteiger partial charge in [-0.15, -0.1) is 0 Å². The maximum Gasteiger partial charge on any atom is 0.270 e. The third kappa shape index (κ3) is 5.21. The van der Waals surface area contributed by atoms with E-state index in [1.54, 1.807) is 17.0 Å². The van der Waals surface area contributed by atoms with E-state index >= 15 is 0 Å². The first kappa shape index (κ1) is 17.2. The quantitative estimate of drug-likeness (QED) is 0.824. The monoisotopic (exact) mass is 320 g/mol. The maximum absolute atomic E-state index is 12.3. The largest absolute Gasteiger partial charge is 0.350 e. The van der Waals surface area contributed by atoms with E-state index < -0.39 is 0 Å². The molecule has 2 N–H and O–H groups in total. The van der Waals surface area contributed by atoms with Crippen molar-refractivity contribution in [2.75, 3.05) is 32.7 Å². The minimum absolute atomic E-state index is 0.00957. The molecule has 1 saturated heterocycles. The van der Waals surface area contributed by atoms with Crippen LogP contribution in [-0.2, 0) is 4.79 Å². The van der Waals surface area contributed by atoms with E-state index in [0.29, 0.717) is 38.4 Å². The topological polar surface area (TPSA) is 85.5 Å². The molecule has 2 amide bonds. The highest BCUT2D eigenvalue weighted by molar-refractivity contribution is 5.92.